The van der Waals surface area contributed by atoms with Gasteiger partial charge in [0.05, 0.1) is 0 Å². The van der Waals surface area contributed by atoms with Crippen LogP contribution in [0, 0.1) is 12.7 Å². The molecule has 0 spiro atoms. The number of H-pyrrole nitrogens is 1. The number of hydrogen-bond donors (Lipinski definition) is 2. The van der Waals surface area contributed by atoms with Gasteiger partial charge in [-0.15, -0.1) is 0 Å². The van der Waals surface area contributed by atoms with Crippen molar-refractivity contribution in [2.45, 2.75) is 43.6 Å². The van der Waals surface area contributed by atoms with Crippen molar-refractivity contribution in [2.24, 2.45) is 0 Å². The van der Waals surface area contributed by atoms with Crippen molar-refractivity contribution in [3.05, 3.63) is 59.0 Å². The van der Waals surface area contributed by atoms with Gasteiger partial charge in [0.2, 0.25) is 5.88 Å². The molecule has 1 aliphatic carbocycles. The van der Waals surface area contributed by atoms with Gasteiger partial charge in [0, 0.05) is 34.8 Å². The molecule has 186 valence electrons. The Morgan fingerprint density at radius 3 is 2.56 bits per heavy atom. The molecule has 0 bridgehead atoms. The molecule has 1 aliphatic rings. The largest absolute Gasteiger partial charge is 0.474 e. The van der Waals surface area contributed by atoms with E-state index in [4.69, 9.17) is 16.3 Å². The summed E-state index contributed by atoms with van der Waals surface area (Å²) in [5.74, 6) is 0.0408. The summed E-state index contributed by atoms with van der Waals surface area (Å²) >= 11 is 5.83. The van der Waals surface area contributed by atoms with Gasteiger partial charge in [0.15, 0.2) is 11.5 Å². The van der Waals surface area contributed by atoms with E-state index in [2.05, 4.69) is 24.9 Å². The fourth-order valence-electron chi connectivity index (χ4n) is 4.01. The van der Waals surface area contributed by atoms with E-state index in [1.165, 1.54) is 18.2 Å². The Morgan fingerprint density at radius 1 is 1.11 bits per heavy atom. The summed E-state index contributed by atoms with van der Waals surface area (Å²) in [6.07, 6.45) is 2.07. The SMILES string of the molecule is Cc1[nH]nc2nc(-c3ccc(NS(=O)(=O)c4cc(Cl)ccc4F)cc3)nc(OC3CCC(=O)CC3)c12. The zero-order chi connectivity index (χ0) is 25.4. The van der Waals surface area contributed by atoms with Crippen LogP contribution in [0.4, 0.5) is 10.1 Å². The first kappa shape index (κ1) is 24.1. The first-order chi connectivity index (χ1) is 17.2. The summed E-state index contributed by atoms with van der Waals surface area (Å²) in [7, 11) is -4.20. The maximum Gasteiger partial charge on any atom is 0.264 e. The average molecular weight is 530 g/mol. The molecule has 0 atom stereocenters. The molecule has 2 aromatic carbocycles. The van der Waals surface area contributed by atoms with Crippen LogP contribution in [0.5, 0.6) is 5.88 Å². The molecular formula is C24H21ClFN5O4S. The normalized spacial score (nSPS) is 14.8. The zero-order valence-corrected chi connectivity index (χ0v) is 20.7. The number of rotatable bonds is 6. The second-order valence-corrected chi connectivity index (χ2v) is 10.6. The molecule has 0 unspecified atom stereocenters. The molecule has 1 saturated carbocycles. The van der Waals surface area contributed by atoms with E-state index < -0.39 is 20.7 Å². The van der Waals surface area contributed by atoms with Crippen LogP contribution in [0.25, 0.3) is 22.4 Å². The quantitative estimate of drug-likeness (QED) is 0.367. The molecule has 4 aromatic rings. The Bertz CT molecular complexity index is 1560. The molecule has 0 amide bonds. The third kappa shape index (κ3) is 4.89. The lowest BCUT2D eigenvalue weighted by Gasteiger charge is -2.22. The Labute approximate surface area is 211 Å². The molecule has 1 fully saturated rings. The number of aromatic amines is 1. The van der Waals surface area contributed by atoms with Crippen LogP contribution in [0.3, 0.4) is 0 Å². The monoisotopic (exact) mass is 529 g/mol. The minimum atomic E-state index is -4.20. The lowest BCUT2D eigenvalue weighted by molar-refractivity contribution is -0.121. The molecule has 12 heteroatoms. The molecule has 2 heterocycles. The van der Waals surface area contributed by atoms with Crippen molar-refractivity contribution in [3.63, 3.8) is 0 Å². The van der Waals surface area contributed by atoms with E-state index in [0.717, 1.165) is 17.8 Å². The van der Waals surface area contributed by atoms with Crippen LogP contribution in [0.2, 0.25) is 5.02 Å². The predicted molar refractivity (Wildman–Crippen MR) is 132 cm³/mol. The minimum absolute atomic E-state index is 0.103. The van der Waals surface area contributed by atoms with Gasteiger partial charge in [-0.05, 0) is 62.2 Å². The highest BCUT2D eigenvalue weighted by molar-refractivity contribution is 7.92. The van der Waals surface area contributed by atoms with Gasteiger partial charge in [-0.2, -0.15) is 10.1 Å². The van der Waals surface area contributed by atoms with Gasteiger partial charge < -0.3 is 4.74 Å². The lowest BCUT2D eigenvalue weighted by Crippen LogP contribution is -2.24. The highest BCUT2D eigenvalue weighted by Gasteiger charge is 2.24. The van der Waals surface area contributed by atoms with Crippen molar-refractivity contribution >= 4 is 44.1 Å². The number of carbonyl (C=O) groups is 1. The van der Waals surface area contributed by atoms with Crippen molar-refractivity contribution in [2.75, 3.05) is 4.72 Å². The van der Waals surface area contributed by atoms with Crippen molar-refractivity contribution in [1.29, 1.82) is 0 Å². The Kier molecular flexibility index (Phi) is 6.35. The number of aromatic nitrogens is 4. The first-order valence-corrected chi connectivity index (χ1v) is 13.0. The zero-order valence-electron chi connectivity index (χ0n) is 19.1. The van der Waals surface area contributed by atoms with Crippen molar-refractivity contribution < 1.29 is 22.3 Å². The number of hydrogen-bond acceptors (Lipinski definition) is 7. The van der Waals surface area contributed by atoms with Gasteiger partial charge >= 0.3 is 0 Å². The molecule has 36 heavy (non-hydrogen) atoms. The second kappa shape index (κ2) is 9.47. The van der Waals surface area contributed by atoms with Gasteiger partial charge in [-0.25, -0.2) is 17.8 Å². The van der Waals surface area contributed by atoms with Crippen LogP contribution in [-0.4, -0.2) is 40.5 Å². The fourth-order valence-corrected chi connectivity index (χ4v) is 5.41. The number of ketones is 1. The standard InChI is InChI=1S/C24H21ClFN5O4S/c1-13-21-23(30-29-13)27-22(28-24(21)35-18-9-7-17(32)8-10-18)14-2-5-16(6-3-14)31-36(33,34)20-12-15(25)4-11-19(20)26/h2-6,11-12,18,31H,7-10H2,1H3,(H,27,28,29,30). The van der Waals surface area contributed by atoms with Gasteiger partial charge in [0.25, 0.3) is 10.0 Å². The second-order valence-electron chi connectivity index (χ2n) is 8.51. The summed E-state index contributed by atoms with van der Waals surface area (Å²) in [5, 5.41) is 7.91. The minimum Gasteiger partial charge on any atom is -0.474 e. The number of ether oxygens (including phenoxy) is 1. The molecular weight excluding hydrogens is 509 g/mol. The lowest BCUT2D eigenvalue weighted by atomic mass is 9.96. The number of anilines is 1. The number of fused-ring (bicyclic) bond motifs is 1. The van der Waals surface area contributed by atoms with Crippen LogP contribution in [-0.2, 0) is 14.8 Å². The summed E-state index contributed by atoms with van der Waals surface area (Å²) in [6.45, 7) is 1.85. The Morgan fingerprint density at radius 2 is 1.83 bits per heavy atom. The van der Waals surface area contributed by atoms with Gasteiger partial charge in [-0.1, -0.05) is 11.6 Å². The smallest absolute Gasteiger partial charge is 0.264 e. The van der Waals surface area contributed by atoms with E-state index in [0.29, 0.717) is 54.0 Å². The molecule has 0 radical (unpaired) electrons. The number of benzene rings is 2. The average Bonchev–Trinajstić information content (AvgIpc) is 3.23. The topological polar surface area (TPSA) is 127 Å². The molecule has 5 rings (SSSR count). The summed E-state index contributed by atoms with van der Waals surface area (Å²) in [5.41, 5.74) is 2.01. The van der Waals surface area contributed by atoms with E-state index in [1.807, 2.05) is 6.92 Å². The molecule has 2 N–H and O–H groups in total. The third-order valence-electron chi connectivity index (χ3n) is 5.91. The maximum absolute atomic E-state index is 14.1. The fraction of sp³-hybridized carbons (Fsp3) is 0.250. The van der Waals surface area contributed by atoms with Crippen molar-refractivity contribution in [3.8, 4) is 17.3 Å². The number of Topliss-reactive ketones (excluding diaryl/α,β-unsaturated/α-hetero) is 1. The molecule has 0 aliphatic heterocycles. The molecule has 9 nitrogen and oxygen atoms in total. The highest BCUT2D eigenvalue weighted by Crippen LogP contribution is 2.31. The number of sulfonamides is 1. The Hall–Kier alpha value is -3.57. The molecule has 0 saturated heterocycles. The van der Waals surface area contributed by atoms with Crippen LogP contribution in [0.1, 0.15) is 31.4 Å². The predicted octanol–water partition coefficient (Wildman–Crippen LogP) is 4.81. The third-order valence-corrected chi connectivity index (χ3v) is 7.54. The van der Waals surface area contributed by atoms with E-state index in [9.17, 15) is 17.6 Å². The number of halogens is 2. The molecule has 2 aromatic heterocycles. The number of nitrogens with one attached hydrogen (secondary N) is 2. The van der Waals surface area contributed by atoms with Crippen LogP contribution >= 0.6 is 11.6 Å². The van der Waals surface area contributed by atoms with Crippen LogP contribution in [0.15, 0.2) is 47.4 Å². The first-order valence-electron chi connectivity index (χ1n) is 11.2. The van der Waals surface area contributed by atoms with Crippen LogP contribution < -0.4 is 9.46 Å². The summed E-state index contributed by atoms with van der Waals surface area (Å²) in [6, 6.07) is 9.62. The van der Waals surface area contributed by atoms with E-state index in [1.54, 1.807) is 12.1 Å². The number of carbonyl (C=O) groups excluding carboxylic acids is 1. The van der Waals surface area contributed by atoms with E-state index >= 15 is 0 Å². The van der Waals surface area contributed by atoms with Gasteiger partial charge in [-0.3, -0.25) is 14.6 Å². The number of nitrogens with zero attached hydrogens (tertiary/aromatic N) is 3. The number of aryl methyl sites for hydroxylation is 1. The van der Waals surface area contributed by atoms with E-state index in [-0.39, 0.29) is 22.6 Å². The summed E-state index contributed by atoms with van der Waals surface area (Å²) < 4.78 is 47.9. The maximum atomic E-state index is 14.1. The summed E-state index contributed by atoms with van der Waals surface area (Å²) in [4.78, 5) is 20.2. The Balaban J connectivity index is 1.42. The van der Waals surface area contributed by atoms with Crippen molar-refractivity contribution in [1.82, 2.24) is 20.2 Å². The van der Waals surface area contributed by atoms with Gasteiger partial charge in [0.1, 0.15) is 28.0 Å². The highest BCUT2D eigenvalue weighted by atomic mass is 35.5.